The number of nitro groups is 1. The SMILES string of the molecule is O=[N+]([O-])c1ccc(Cl)cc1OCc1ccncc1. The third kappa shape index (κ3) is 2.95. The van der Waals surface area contributed by atoms with Crippen molar-refractivity contribution in [2.24, 2.45) is 0 Å². The van der Waals surface area contributed by atoms with E-state index in [4.69, 9.17) is 16.3 Å². The van der Waals surface area contributed by atoms with Crippen LogP contribution in [0.5, 0.6) is 5.75 Å². The van der Waals surface area contributed by atoms with Crippen LogP contribution in [-0.4, -0.2) is 9.91 Å². The van der Waals surface area contributed by atoms with Gasteiger partial charge in [0, 0.05) is 29.5 Å². The minimum atomic E-state index is -0.502. The summed E-state index contributed by atoms with van der Waals surface area (Å²) in [5.41, 5.74) is 0.771. The first kappa shape index (κ1) is 12.3. The van der Waals surface area contributed by atoms with Gasteiger partial charge in [0.1, 0.15) is 6.61 Å². The number of nitrogens with zero attached hydrogens (tertiary/aromatic N) is 2. The van der Waals surface area contributed by atoms with Crippen molar-refractivity contribution < 1.29 is 9.66 Å². The molecule has 0 atom stereocenters. The van der Waals surface area contributed by atoms with Gasteiger partial charge in [-0.05, 0) is 23.8 Å². The van der Waals surface area contributed by atoms with E-state index in [2.05, 4.69) is 4.98 Å². The highest BCUT2D eigenvalue weighted by molar-refractivity contribution is 6.30. The van der Waals surface area contributed by atoms with E-state index in [0.29, 0.717) is 5.02 Å². The number of ether oxygens (including phenoxy) is 1. The second kappa shape index (κ2) is 5.46. The summed E-state index contributed by atoms with van der Waals surface area (Å²) in [6.07, 6.45) is 3.26. The molecule has 2 rings (SSSR count). The van der Waals surface area contributed by atoms with Gasteiger partial charge < -0.3 is 4.74 Å². The van der Waals surface area contributed by atoms with Gasteiger partial charge in [-0.3, -0.25) is 15.1 Å². The summed E-state index contributed by atoms with van der Waals surface area (Å²) in [6, 6.07) is 7.76. The number of hydrogen-bond acceptors (Lipinski definition) is 4. The monoisotopic (exact) mass is 264 g/mol. The molecule has 0 amide bonds. The Morgan fingerprint density at radius 2 is 2.00 bits per heavy atom. The van der Waals surface area contributed by atoms with Crippen LogP contribution in [0.2, 0.25) is 5.02 Å². The zero-order valence-corrected chi connectivity index (χ0v) is 10.0. The summed E-state index contributed by atoms with van der Waals surface area (Å²) >= 11 is 5.79. The quantitative estimate of drug-likeness (QED) is 0.628. The smallest absolute Gasteiger partial charge is 0.311 e. The maximum Gasteiger partial charge on any atom is 0.311 e. The molecule has 92 valence electrons. The Morgan fingerprint density at radius 3 is 2.67 bits per heavy atom. The summed E-state index contributed by atoms with van der Waals surface area (Å²) in [6.45, 7) is 0.226. The molecule has 18 heavy (non-hydrogen) atoms. The average Bonchev–Trinajstić information content (AvgIpc) is 2.37. The van der Waals surface area contributed by atoms with Crippen LogP contribution < -0.4 is 4.74 Å². The van der Waals surface area contributed by atoms with Crippen molar-refractivity contribution in [2.75, 3.05) is 0 Å². The normalized spacial score (nSPS) is 10.1. The van der Waals surface area contributed by atoms with Crippen LogP contribution in [0.1, 0.15) is 5.56 Å². The van der Waals surface area contributed by atoms with E-state index in [-0.39, 0.29) is 18.0 Å². The topological polar surface area (TPSA) is 65.3 Å². The van der Waals surface area contributed by atoms with E-state index in [1.54, 1.807) is 24.5 Å². The fourth-order valence-electron chi connectivity index (χ4n) is 1.39. The van der Waals surface area contributed by atoms with Crippen molar-refractivity contribution >= 4 is 17.3 Å². The number of benzene rings is 1. The third-order valence-corrected chi connectivity index (χ3v) is 2.50. The van der Waals surface area contributed by atoms with Gasteiger partial charge in [-0.2, -0.15) is 0 Å². The second-order valence-electron chi connectivity index (χ2n) is 3.51. The van der Waals surface area contributed by atoms with E-state index < -0.39 is 4.92 Å². The number of rotatable bonds is 4. The van der Waals surface area contributed by atoms with Crippen LogP contribution in [0.4, 0.5) is 5.69 Å². The maximum absolute atomic E-state index is 10.8. The Bertz CT molecular complexity index is 561. The van der Waals surface area contributed by atoms with Crippen molar-refractivity contribution in [1.82, 2.24) is 4.98 Å². The maximum atomic E-state index is 10.8. The molecule has 0 radical (unpaired) electrons. The number of nitro benzene ring substituents is 1. The minimum Gasteiger partial charge on any atom is -0.482 e. The highest BCUT2D eigenvalue weighted by atomic mass is 35.5. The second-order valence-corrected chi connectivity index (χ2v) is 3.95. The molecular formula is C12H9ClN2O3. The summed E-state index contributed by atoms with van der Waals surface area (Å²) in [5.74, 6) is 0.157. The number of aromatic nitrogens is 1. The first-order chi connectivity index (χ1) is 8.66. The molecule has 0 N–H and O–H groups in total. The molecule has 0 aliphatic heterocycles. The Kier molecular flexibility index (Phi) is 3.74. The lowest BCUT2D eigenvalue weighted by Crippen LogP contribution is -1.99. The van der Waals surface area contributed by atoms with Crippen LogP contribution in [-0.2, 0) is 6.61 Å². The van der Waals surface area contributed by atoms with Gasteiger partial charge >= 0.3 is 5.69 Å². The van der Waals surface area contributed by atoms with Gasteiger partial charge in [0.2, 0.25) is 0 Å². The number of pyridine rings is 1. The van der Waals surface area contributed by atoms with Gasteiger partial charge in [-0.25, -0.2) is 0 Å². The summed E-state index contributed by atoms with van der Waals surface area (Å²) in [4.78, 5) is 14.2. The molecule has 0 unspecified atom stereocenters. The summed E-state index contributed by atoms with van der Waals surface area (Å²) < 4.78 is 5.41. The van der Waals surface area contributed by atoms with Crippen molar-refractivity contribution in [2.45, 2.75) is 6.61 Å². The molecule has 1 aromatic carbocycles. The molecule has 0 aliphatic carbocycles. The zero-order chi connectivity index (χ0) is 13.0. The average molecular weight is 265 g/mol. The van der Waals surface area contributed by atoms with Crippen molar-refractivity contribution in [1.29, 1.82) is 0 Å². The van der Waals surface area contributed by atoms with Crippen molar-refractivity contribution in [3.8, 4) is 5.75 Å². The van der Waals surface area contributed by atoms with Crippen LogP contribution in [0.3, 0.4) is 0 Å². The lowest BCUT2D eigenvalue weighted by Gasteiger charge is -2.06. The molecule has 2 aromatic rings. The van der Waals surface area contributed by atoms with E-state index >= 15 is 0 Å². The highest BCUT2D eigenvalue weighted by Crippen LogP contribution is 2.30. The molecule has 1 heterocycles. The largest absolute Gasteiger partial charge is 0.482 e. The van der Waals surface area contributed by atoms with Gasteiger partial charge in [0.05, 0.1) is 4.92 Å². The molecule has 0 fully saturated rings. The summed E-state index contributed by atoms with van der Waals surface area (Å²) in [5, 5.41) is 11.2. The molecule has 0 aliphatic rings. The Hall–Kier alpha value is -2.14. The van der Waals surface area contributed by atoms with E-state index in [1.165, 1.54) is 18.2 Å². The van der Waals surface area contributed by atoms with Crippen LogP contribution >= 0.6 is 11.6 Å². The predicted octanol–water partition coefficient (Wildman–Crippen LogP) is 3.22. The van der Waals surface area contributed by atoms with Gasteiger partial charge in [0.25, 0.3) is 0 Å². The number of halogens is 1. The molecule has 6 heteroatoms. The molecule has 0 bridgehead atoms. The fraction of sp³-hybridized carbons (Fsp3) is 0.0833. The van der Waals surface area contributed by atoms with Crippen molar-refractivity contribution in [3.63, 3.8) is 0 Å². The van der Waals surface area contributed by atoms with Crippen LogP contribution in [0.25, 0.3) is 0 Å². The molecule has 0 spiro atoms. The first-order valence-electron chi connectivity index (χ1n) is 5.12. The molecular weight excluding hydrogens is 256 g/mol. The predicted molar refractivity (Wildman–Crippen MR) is 66.7 cm³/mol. The Labute approximate surface area is 108 Å². The van der Waals surface area contributed by atoms with E-state index in [0.717, 1.165) is 5.56 Å². The summed E-state index contributed by atoms with van der Waals surface area (Å²) in [7, 11) is 0. The van der Waals surface area contributed by atoms with E-state index in [9.17, 15) is 10.1 Å². The van der Waals surface area contributed by atoms with Crippen LogP contribution in [0, 0.1) is 10.1 Å². The van der Waals surface area contributed by atoms with Gasteiger partial charge in [-0.1, -0.05) is 11.6 Å². The molecule has 5 nitrogen and oxygen atoms in total. The van der Waals surface area contributed by atoms with Gasteiger partial charge in [-0.15, -0.1) is 0 Å². The number of hydrogen-bond donors (Lipinski definition) is 0. The lowest BCUT2D eigenvalue weighted by molar-refractivity contribution is -0.385. The minimum absolute atomic E-state index is 0.103. The standard InChI is InChI=1S/C12H9ClN2O3/c13-10-1-2-11(15(16)17)12(7-10)18-8-9-3-5-14-6-4-9/h1-7H,8H2. The van der Waals surface area contributed by atoms with Crippen LogP contribution in [0.15, 0.2) is 42.7 Å². The highest BCUT2D eigenvalue weighted by Gasteiger charge is 2.15. The molecule has 0 saturated carbocycles. The zero-order valence-electron chi connectivity index (χ0n) is 9.25. The molecule has 1 aromatic heterocycles. The lowest BCUT2D eigenvalue weighted by atomic mass is 10.3. The Balaban J connectivity index is 2.18. The molecule has 0 saturated heterocycles. The van der Waals surface area contributed by atoms with E-state index in [1.807, 2.05) is 0 Å². The third-order valence-electron chi connectivity index (χ3n) is 2.26. The Morgan fingerprint density at radius 1 is 1.28 bits per heavy atom. The van der Waals surface area contributed by atoms with Crippen molar-refractivity contribution in [3.05, 3.63) is 63.4 Å². The first-order valence-corrected chi connectivity index (χ1v) is 5.50. The van der Waals surface area contributed by atoms with Gasteiger partial charge in [0.15, 0.2) is 5.75 Å². The fourth-order valence-corrected chi connectivity index (χ4v) is 1.56.